The van der Waals surface area contributed by atoms with E-state index in [1.807, 2.05) is 24.3 Å². The van der Waals surface area contributed by atoms with E-state index in [-0.39, 0.29) is 17.1 Å². The molecule has 0 spiro atoms. The highest BCUT2D eigenvalue weighted by atomic mass is 32.1. The molecule has 42 heavy (non-hydrogen) atoms. The molecule has 0 radical (unpaired) electrons. The Morgan fingerprint density at radius 1 is 0.952 bits per heavy atom. The average molecular weight is 581 g/mol. The molecule has 0 aliphatic carbocycles. The fraction of sp³-hybridized carbons (Fsp3) is 0.424. The van der Waals surface area contributed by atoms with Crippen molar-refractivity contribution in [3.05, 3.63) is 54.5 Å². The van der Waals surface area contributed by atoms with Gasteiger partial charge in [-0.3, -0.25) is 9.88 Å². The second-order valence-corrected chi connectivity index (χ2v) is 13.6. The molecule has 9 rings (SSSR count). The summed E-state index contributed by atoms with van der Waals surface area (Å²) in [6, 6.07) is 15.5. The number of nitrogens with one attached hydrogen (secondary N) is 1. The van der Waals surface area contributed by atoms with Gasteiger partial charge < -0.3 is 15.0 Å². The molecule has 7 nitrogen and oxygen atoms in total. The zero-order chi connectivity index (χ0) is 27.8. The molecule has 2 atom stereocenters. The zero-order valence-corrected chi connectivity index (χ0v) is 24.3. The van der Waals surface area contributed by atoms with Crippen LogP contribution < -0.4 is 15.0 Å². The summed E-state index contributed by atoms with van der Waals surface area (Å²) in [5, 5.41) is 6.65. The Hall–Kier alpha value is -3.40. The number of benzene rings is 2. The summed E-state index contributed by atoms with van der Waals surface area (Å²) in [7, 11) is 0. The molecule has 1 N–H and O–H groups in total. The van der Waals surface area contributed by atoms with Gasteiger partial charge in [-0.2, -0.15) is 9.97 Å². The smallest absolute Gasteiger partial charge is 0.319 e. The van der Waals surface area contributed by atoms with E-state index >= 15 is 4.39 Å². The van der Waals surface area contributed by atoms with Crippen molar-refractivity contribution < 1.29 is 9.13 Å². The number of rotatable bonds is 5. The quantitative estimate of drug-likeness (QED) is 0.268. The number of hydrogen-bond donors (Lipinski definition) is 1. The van der Waals surface area contributed by atoms with Crippen LogP contribution in [0.5, 0.6) is 6.01 Å². The number of halogens is 1. The third-order valence-corrected chi connectivity index (χ3v) is 11.3. The van der Waals surface area contributed by atoms with Crippen LogP contribution in [-0.2, 0) is 0 Å². The van der Waals surface area contributed by atoms with Crippen LogP contribution in [0.25, 0.3) is 42.3 Å². The first-order chi connectivity index (χ1) is 20.6. The summed E-state index contributed by atoms with van der Waals surface area (Å²) in [6.45, 7) is 4.48. The van der Waals surface area contributed by atoms with Crippen LogP contribution in [0.3, 0.4) is 0 Å². The molecule has 2 bridgehead atoms. The van der Waals surface area contributed by atoms with E-state index in [1.54, 1.807) is 17.5 Å². The normalized spacial score (nSPS) is 23.4. The highest BCUT2D eigenvalue weighted by molar-refractivity contribution is 7.26. The molecule has 5 aromatic rings. The maximum atomic E-state index is 16.7. The summed E-state index contributed by atoms with van der Waals surface area (Å²) < 4.78 is 25.4. The van der Waals surface area contributed by atoms with Crippen molar-refractivity contribution in [1.29, 1.82) is 0 Å². The van der Waals surface area contributed by atoms with Crippen LogP contribution in [0.15, 0.2) is 48.7 Å². The minimum atomic E-state index is -0.411. The van der Waals surface area contributed by atoms with Crippen molar-refractivity contribution in [2.24, 2.45) is 0 Å². The lowest BCUT2D eigenvalue weighted by Crippen LogP contribution is -2.51. The number of anilines is 1. The molecule has 2 unspecified atom stereocenters. The van der Waals surface area contributed by atoms with Gasteiger partial charge in [0.15, 0.2) is 5.82 Å². The van der Waals surface area contributed by atoms with Gasteiger partial charge in [0.2, 0.25) is 0 Å². The van der Waals surface area contributed by atoms with Crippen molar-refractivity contribution in [2.45, 2.75) is 56.1 Å². The Morgan fingerprint density at radius 2 is 1.74 bits per heavy atom. The van der Waals surface area contributed by atoms with Gasteiger partial charge in [-0.25, -0.2) is 4.39 Å². The van der Waals surface area contributed by atoms with E-state index in [0.29, 0.717) is 29.8 Å². The Labute approximate surface area is 247 Å². The molecule has 3 aromatic heterocycles. The fourth-order valence-electron chi connectivity index (χ4n) is 8.08. The van der Waals surface area contributed by atoms with Crippen molar-refractivity contribution in [1.82, 2.24) is 25.2 Å². The molecule has 0 amide bonds. The molecule has 0 saturated carbocycles. The third kappa shape index (κ3) is 3.86. The molecule has 4 fully saturated rings. The molecule has 2 aromatic carbocycles. The van der Waals surface area contributed by atoms with Crippen LogP contribution >= 0.6 is 11.3 Å². The van der Waals surface area contributed by atoms with Crippen LogP contribution in [0.4, 0.5) is 10.2 Å². The van der Waals surface area contributed by atoms with Crippen molar-refractivity contribution in [2.75, 3.05) is 37.7 Å². The molecular weight excluding hydrogens is 547 g/mol. The van der Waals surface area contributed by atoms with E-state index < -0.39 is 5.82 Å². The predicted molar refractivity (Wildman–Crippen MR) is 166 cm³/mol. The molecule has 4 saturated heterocycles. The number of ether oxygens (including phenoxy) is 1. The van der Waals surface area contributed by atoms with E-state index in [9.17, 15) is 0 Å². The number of thiophene rings is 1. The van der Waals surface area contributed by atoms with Crippen LogP contribution in [0, 0.1) is 5.82 Å². The SMILES string of the molecule is Fc1c(-c2cccc3c2sc2ccccc23)ncc2c(N3CC4CCC(C3)N4)nc(OCC34CCCN3CCC4)nc12. The standard InChI is InChI=1S/C33H33FN6OS/c34-27-28(24-8-3-7-23-22-6-1-2-9-26(22)42-30(23)24)35-16-25-29(27)37-32(41-19-33-12-4-14-40(33)15-5-13-33)38-31(25)39-17-20-10-11-21(18-39)36-20/h1-3,6-9,16,20-21,36H,4-5,10-15,17-19H2. The topological polar surface area (TPSA) is 66.4 Å². The van der Waals surface area contributed by atoms with Gasteiger partial charge in [-0.1, -0.05) is 36.4 Å². The number of piperazine rings is 1. The number of nitrogens with zero attached hydrogens (tertiary/aromatic N) is 5. The van der Waals surface area contributed by atoms with Gasteiger partial charge in [0.25, 0.3) is 0 Å². The van der Waals surface area contributed by atoms with E-state index in [2.05, 4.69) is 33.3 Å². The third-order valence-electron chi connectivity index (χ3n) is 10.1. The summed E-state index contributed by atoms with van der Waals surface area (Å²) in [5.74, 6) is 0.323. The Balaban J connectivity index is 1.18. The predicted octanol–water partition coefficient (Wildman–Crippen LogP) is 6.15. The van der Waals surface area contributed by atoms with Gasteiger partial charge in [-0.05, 0) is 57.7 Å². The van der Waals surface area contributed by atoms with Gasteiger partial charge in [-0.15, -0.1) is 11.3 Å². The minimum Gasteiger partial charge on any atom is -0.461 e. The molecule has 7 heterocycles. The van der Waals surface area contributed by atoms with Gasteiger partial charge in [0.1, 0.15) is 23.6 Å². The fourth-order valence-corrected chi connectivity index (χ4v) is 9.30. The Morgan fingerprint density at radius 3 is 2.57 bits per heavy atom. The largest absolute Gasteiger partial charge is 0.461 e. The molecule has 4 aliphatic rings. The minimum absolute atomic E-state index is 0.0609. The lowest BCUT2D eigenvalue weighted by molar-refractivity contribution is 0.108. The van der Waals surface area contributed by atoms with E-state index in [1.165, 1.54) is 22.9 Å². The Bertz CT molecular complexity index is 1840. The first-order valence-electron chi connectivity index (χ1n) is 15.3. The second kappa shape index (κ2) is 9.56. The van der Waals surface area contributed by atoms with Crippen molar-refractivity contribution in [3.63, 3.8) is 0 Å². The average Bonchev–Trinajstić information content (AvgIpc) is 3.78. The lowest BCUT2D eigenvalue weighted by Gasteiger charge is -2.34. The molecule has 4 aliphatic heterocycles. The number of pyridine rings is 1. The molecule has 9 heteroatoms. The number of aromatic nitrogens is 3. The zero-order valence-electron chi connectivity index (χ0n) is 23.5. The monoisotopic (exact) mass is 580 g/mol. The highest BCUT2D eigenvalue weighted by Gasteiger charge is 2.45. The summed E-state index contributed by atoms with van der Waals surface area (Å²) in [6.07, 6.45) is 8.75. The molecular formula is C33H33FN6OS. The second-order valence-electron chi connectivity index (χ2n) is 12.5. The Kier molecular flexibility index (Phi) is 5.72. The van der Waals surface area contributed by atoms with E-state index in [0.717, 1.165) is 73.3 Å². The van der Waals surface area contributed by atoms with Crippen LogP contribution in [0.2, 0.25) is 0 Å². The summed E-state index contributed by atoms with van der Waals surface area (Å²) in [4.78, 5) is 19.3. The van der Waals surface area contributed by atoms with Gasteiger partial charge in [0, 0.05) is 57.1 Å². The lowest BCUT2D eigenvalue weighted by atomic mass is 9.95. The van der Waals surface area contributed by atoms with E-state index in [4.69, 9.17) is 19.7 Å². The van der Waals surface area contributed by atoms with Crippen molar-refractivity contribution >= 4 is 48.2 Å². The highest BCUT2D eigenvalue weighted by Crippen LogP contribution is 2.42. The maximum absolute atomic E-state index is 16.7. The summed E-state index contributed by atoms with van der Waals surface area (Å²) in [5.41, 5.74) is 1.47. The first kappa shape index (κ1) is 25.1. The number of fused-ring (bicyclic) bond motifs is 7. The van der Waals surface area contributed by atoms with Crippen LogP contribution in [-0.4, -0.2) is 70.3 Å². The van der Waals surface area contributed by atoms with Gasteiger partial charge >= 0.3 is 6.01 Å². The van der Waals surface area contributed by atoms with Crippen molar-refractivity contribution in [3.8, 4) is 17.3 Å². The van der Waals surface area contributed by atoms with Crippen LogP contribution in [0.1, 0.15) is 38.5 Å². The molecule has 214 valence electrons. The first-order valence-corrected chi connectivity index (χ1v) is 16.1. The van der Waals surface area contributed by atoms with Gasteiger partial charge in [0.05, 0.1) is 10.9 Å². The number of hydrogen-bond acceptors (Lipinski definition) is 8. The summed E-state index contributed by atoms with van der Waals surface area (Å²) >= 11 is 1.68. The maximum Gasteiger partial charge on any atom is 0.319 e.